The van der Waals surface area contributed by atoms with Crippen molar-refractivity contribution in [2.75, 3.05) is 0 Å². The van der Waals surface area contributed by atoms with Gasteiger partial charge in [0, 0.05) is 0 Å². The van der Waals surface area contributed by atoms with Gasteiger partial charge in [-0.25, -0.2) is 0 Å². The van der Waals surface area contributed by atoms with Crippen molar-refractivity contribution in [2.45, 2.75) is 0 Å². The van der Waals surface area contributed by atoms with Gasteiger partial charge >= 0.3 is 80.8 Å². The maximum atomic E-state index is 8.28. The predicted molar refractivity (Wildman–Crippen MR) is 32.2 cm³/mol. The average molecular weight is 148 g/mol. The molecule has 0 aromatic carbocycles. The van der Waals surface area contributed by atoms with E-state index >= 15 is 0 Å². The van der Waals surface area contributed by atoms with Crippen molar-refractivity contribution in [3.05, 3.63) is 0 Å². The standard InChI is InChI=1S/Al.Ca.Mg.2H2O.O.5H/h;;;2*1H2;;;;;;. The van der Waals surface area contributed by atoms with Crippen molar-refractivity contribution in [3.8, 4) is 0 Å². The molecule has 0 aromatic heterocycles. The van der Waals surface area contributed by atoms with E-state index in [-0.39, 0.29) is 71.7 Å². The molecule has 0 heterocycles. The molecule has 0 aliphatic carbocycles. The van der Waals surface area contributed by atoms with E-state index < -0.39 is 0 Å². The Morgan fingerprint density at radius 1 is 1.00 bits per heavy atom. The first-order valence-electron chi connectivity index (χ1n) is 0.289. The Morgan fingerprint density at radius 2 is 1.00 bits per heavy atom. The summed E-state index contributed by atoms with van der Waals surface area (Å²) in [6, 6.07) is 0. The second kappa shape index (κ2) is 55.3. The number of rotatable bonds is 0. The second-order valence-corrected chi connectivity index (χ2v) is 0. The second-order valence-electron chi connectivity index (χ2n) is 0. The molecule has 6 heteroatoms. The van der Waals surface area contributed by atoms with Gasteiger partial charge in [0.05, 0.1) is 0 Å². The molecule has 4 N–H and O–H groups in total. The molecule has 0 saturated carbocycles. The first kappa shape index (κ1) is 40.8. The summed E-state index contributed by atoms with van der Waals surface area (Å²) in [7, 11) is 0. The molecule has 3 nitrogen and oxygen atoms in total. The quantitative estimate of drug-likeness (QED) is 0.321. The third-order valence-corrected chi connectivity index (χ3v) is 0. The summed E-state index contributed by atoms with van der Waals surface area (Å²) in [5.41, 5.74) is 0. The van der Waals surface area contributed by atoms with Crippen LogP contribution in [0.5, 0.6) is 0 Å². The van der Waals surface area contributed by atoms with Crippen LogP contribution in [0.15, 0.2) is 0 Å². The molecule has 0 spiro atoms. The van der Waals surface area contributed by atoms with E-state index in [2.05, 4.69) is 0 Å². The fourth-order valence-corrected chi connectivity index (χ4v) is 0. The van der Waals surface area contributed by atoms with Crippen LogP contribution in [0.1, 0.15) is 0 Å². The van der Waals surface area contributed by atoms with Gasteiger partial charge in [-0.05, 0) is 0 Å². The molecule has 0 radical (unpaired) electrons. The van der Waals surface area contributed by atoms with Gasteiger partial charge in [-0.1, -0.05) is 0 Å². The summed E-state index contributed by atoms with van der Waals surface area (Å²) in [5.74, 6) is 0. The Labute approximate surface area is 90.3 Å². The molecule has 0 aliphatic rings. The molecular formula is H9AlCaMgO3. The summed E-state index contributed by atoms with van der Waals surface area (Å²) < 4.78 is 8.28. The van der Waals surface area contributed by atoms with Crippen molar-refractivity contribution < 1.29 is 14.8 Å². The third-order valence-electron chi connectivity index (χ3n) is 0. The SMILES string of the molecule is O.O.[CaH2].[MgH2].[O]=[AlH]. The first-order valence-corrected chi connectivity index (χ1v) is 0.866. The minimum absolute atomic E-state index is 0. The van der Waals surface area contributed by atoms with Crippen molar-refractivity contribution in [3.63, 3.8) is 0 Å². The molecule has 34 valence electrons. The Kier molecular flexibility index (Phi) is 376. The molecule has 0 aromatic rings. The molecule has 0 saturated heterocycles. The van der Waals surface area contributed by atoms with Crippen LogP contribution in [0.2, 0.25) is 0 Å². The topological polar surface area (TPSA) is 80.1 Å². The van der Waals surface area contributed by atoms with E-state index in [1.807, 2.05) is 0 Å². The van der Waals surface area contributed by atoms with Gasteiger partial charge in [0.2, 0.25) is 0 Å². The monoisotopic (exact) mass is 148 g/mol. The van der Waals surface area contributed by atoms with Crippen LogP contribution in [-0.2, 0) is 3.80 Å². The molecule has 0 unspecified atom stereocenters. The molecule has 0 amide bonds. The molecule has 0 fully saturated rings. The zero-order chi connectivity index (χ0) is 2.00. The van der Waals surface area contributed by atoms with E-state index in [0.29, 0.717) is 16.2 Å². The zero-order valence-corrected chi connectivity index (χ0v) is 3.53. The Hall–Kier alpha value is 2.28. The summed E-state index contributed by atoms with van der Waals surface area (Å²) in [6.45, 7) is 0. The van der Waals surface area contributed by atoms with Crippen molar-refractivity contribution >= 4 is 77.0 Å². The van der Waals surface area contributed by atoms with Crippen LogP contribution in [0.4, 0.5) is 0 Å². The minimum atomic E-state index is 0. The van der Waals surface area contributed by atoms with Crippen molar-refractivity contribution in [1.82, 2.24) is 0 Å². The van der Waals surface area contributed by atoms with Crippen molar-refractivity contribution in [1.29, 1.82) is 0 Å². The summed E-state index contributed by atoms with van der Waals surface area (Å²) >= 11 is 0.611. The molecule has 0 atom stereocenters. The van der Waals surface area contributed by atoms with Gasteiger partial charge < -0.3 is 11.0 Å². The molecule has 6 heavy (non-hydrogen) atoms. The molecule has 0 rings (SSSR count). The summed E-state index contributed by atoms with van der Waals surface area (Å²) in [4.78, 5) is 0. The van der Waals surface area contributed by atoms with Gasteiger partial charge in [0.25, 0.3) is 0 Å². The van der Waals surface area contributed by atoms with Gasteiger partial charge in [-0.2, -0.15) is 0 Å². The first-order chi connectivity index (χ1) is 1.00. The fourth-order valence-electron chi connectivity index (χ4n) is 0. The zero-order valence-electron chi connectivity index (χ0n) is 2.12. The van der Waals surface area contributed by atoms with E-state index in [1.165, 1.54) is 0 Å². The Balaban J connectivity index is -0.000000000833. The average Bonchev–Trinajstić information content (AvgIpc) is 1.00. The molecular weight excluding hydrogens is 139 g/mol. The molecule has 0 bridgehead atoms. The van der Waals surface area contributed by atoms with Crippen LogP contribution in [0.25, 0.3) is 0 Å². The van der Waals surface area contributed by atoms with Crippen LogP contribution >= 0.6 is 0 Å². The maximum absolute atomic E-state index is 8.28. The van der Waals surface area contributed by atoms with Gasteiger partial charge in [0.1, 0.15) is 0 Å². The van der Waals surface area contributed by atoms with Gasteiger partial charge in [0.15, 0.2) is 0 Å². The normalized spacial score (nSPS) is 0.500. The van der Waals surface area contributed by atoms with Crippen LogP contribution < -0.4 is 0 Å². The fraction of sp³-hybridized carbons (Fsp3) is 0. The Bertz CT molecular complexity index is 10.8. The van der Waals surface area contributed by atoms with E-state index in [9.17, 15) is 0 Å². The molecule has 0 aliphatic heterocycles. The summed E-state index contributed by atoms with van der Waals surface area (Å²) in [6.07, 6.45) is 0. The predicted octanol–water partition coefficient (Wildman–Crippen LogP) is -4.25. The van der Waals surface area contributed by atoms with Gasteiger partial charge in [-0.3, -0.25) is 0 Å². The van der Waals surface area contributed by atoms with E-state index in [4.69, 9.17) is 3.80 Å². The number of hydrogen-bond acceptors (Lipinski definition) is 1. The Morgan fingerprint density at radius 3 is 1.00 bits per heavy atom. The van der Waals surface area contributed by atoms with Crippen LogP contribution in [0, 0.1) is 0 Å². The van der Waals surface area contributed by atoms with Gasteiger partial charge in [-0.15, -0.1) is 0 Å². The summed E-state index contributed by atoms with van der Waals surface area (Å²) in [5, 5.41) is 0. The van der Waals surface area contributed by atoms with Crippen LogP contribution in [0.3, 0.4) is 0 Å². The van der Waals surface area contributed by atoms with Crippen LogP contribution in [-0.4, -0.2) is 88.0 Å². The van der Waals surface area contributed by atoms with E-state index in [1.54, 1.807) is 0 Å². The number of hydrogen-bond donors (Lipinski definition) is 0. The van der Waals surface area contributed by atoms with E-state index in [0.717, 1.165) is 0 Å². The third kappa shape index (κ3) is 33.7. The van der Waals surface area contributed by atoms with Crippen molar-refractivity contribution in [2.24, 2.45) is 0 Å².